The molecule has 0 rings (SSSR count). The zero-order chi connectivity index (χ0) is 20.5. The van der Waals surface area contributed by atoms with Crippen molar-refractivity contribution >= 4 is 5.97 Å². The van der Waals surface area contributed by atoms with Gasteiger partial charge >= 0.3 is 5.97 Å². The monoisotopic (exact) mass is 410 g/mol. The number of unbranched alkanes of at least 4 members (excludes halogenated alkanes) is 2. The maximum atomic E-state index is 10.3. The number of aliphatic carboxylic acids is 1. The fraction of sp³-hybridized carbons (Fsp3) is 0.947. The van der Waals surface area contributed by atoms with Gasteiger partial charge in [0.1, 0.15) is 0 Å². The van der Waals surface area contributed by atoms with Crippen LogP contribution in [0.25, 0.3) is 0 Å². The molecule has 0 bridgehead atoms. The number of hydrogen-bond donors (Lipinski definition) is 1. The second-order valence-electron chi connectivity index (χ2n) is 5.87. The predicted octanol–water partition coefficient (Wildman–Crippen LogP) is 1.38. The molecule has 168 valence electrons. The highest BCUT2D eigenvalue weighted by Crippen LogP contribution is 1.99. The number of carbonyl (C=O) groups is 1. The largest absolute Gasteiger partial charge is 0.481 e. The van der Waals surface area contributed by atoms with Crippen LogP contribution < -0.4 is 0 Å². The minimum atomic E-state index is -0.743. The summed E-state index contributed by atoms with van der Waals surface area (Å²) in [7, 11) is 1.64. The van der Waals surface area contributed by atoms with E-state index in [9.17, 15) is 4.79 Å². The summed E-state index contributed by atoms with van der Waals surface area (Å²) >= 11 is 0. The van der Waals surface area contributed by atoms with Crippen LogP contribution >= 0.6 is 0 Å². The molecule has 0 saturated carbocycles. The molecular formula is C19H38O9. The van der Waals surface area contributed by atoms with Crippen molar-refractivity contribution in [2.75, 3.05) is 93.0 Å². The minimum Gasteiger partial charge on any atom is -0.481 e. The van der Waals surface area contributed by atoms with Crippen molar-refractivity contribution in [2.45, 2.75) is 25.7 Å². The van der Waals surface area contributed by atoms with Crippen molar-refractivity contribution in [1.82, 2.24) is 0 Å². The van der Waals surface area contributed by atoms with Crippen molar-refractivity contribution in [3.05, 3.63) is 0 Å². The Morgan fingerprint density at radius 3 is 1.25 bits per heavy atom. The van der Waals surface area contributed by atoms with Gasteiger partial charge in [0, 0.05) is 20.1 Å². The maximum Gasteiger partial charge on any atom is 0.303 e. The first-order valence-corrected chi connectivity index (χ1v) is 9.94. The van der Waals surface area contributed by atoms with Crippen molar-refractivity contribution in [3.8, 4) is 0 Å². The lowest BCUT2D eigenvalue weighted by Crippen LogP contribution is -2.14. The number of methoxy groups -OCH3 is 1. The van der Waals surface area contributed by atoms with Crippen LogP contribution in [0, 0.1) is 0 Å². The Hall–Kier alpha value is -0.810. The van der Waals surface area contributed by atoms with Crippen LogP contribution in [0.3, 0.4) is 0 Å². The first-order valence-electron chi connectivity index (χ1n) is 9.94. The Morgan fingerprint density at radius 1 is 0.536 bits per heavy atom. The molecule has 0 unspecified atom stereocenters. The van der Waals surface area contributed by atoms with Gasteiger partial charge in [-0.25, -0.2) is 0 Å². The number of carboxylic acid groups (broad SMARTS) is 1. The lowest BCUT2D eigenvalue weighted by Gasteiger charge is -2.08. The molecular weight excluding hydrogens is 372 g/mol. The van der Waals surface area contributed by atoms with Gasteiger partial charge in [0.05, 0.1) is 79.3 Å². The summed E-state index contributed by atoms with van der Waals surface area (Å²) in [5, 5.41) is 8.51. The quantitative estimate of drug-likeness (QED) is 0.236. The average Bonchev–Trinajstić information content (AvgIpc) is 2.68. The average molecular weight is 411 g/mol. The van der Waals surface area contributed by atoms with Gasteiger partial charge in [-0.05, 0) is 12.8 Å². The molecule has 9 nitrogen and oxygen atoms in total. The molecule has 0 aliphatic carbocycles. The number of hydrogen-bond acceptors (Lipinski definition) is 8. The first-order chi connectivity index (χ1) is 13.8. The van der Waals surface area contributed by atoms with Gasteiger partial charge in [-0.1, -0.05) is 6.42 Å². The van der Waals surface area contributed by atoms with Gasteiger partial charge in [0.25, 0.3) is 0 Å². The molecule has 0 heterocycles. The molecule has 0 radical (unpaired) electrons. The normalized spacial score (nSPS) is 11.2. The van der Waals surface area contributed by atoms with Crippen molar-refractivity contribution in [3.63, 3.8) is 0 Å². The maximum absolute atomic E-state index is 10.3. The van der Waals surface area contributed by atoms with Crippen LogP contribution in [0.1, 0.15) is 25.7 Å². The van der Waals surface area contributed by atoms with Gasteiger partial charge < -0.3 is 38.3 Å². The predicted molar refractivity (Wildman–Crippen MR) is 103 cm³/mol. The third-order valence-corrected chi connectivity index (χ3v) is 3.47. The number of rotatable bonds is 24. The van der Waals surface area contributed by atoms with Gasteiger partial charge in [-0.3, -0.25) is 4.79 Å². The van der Waals surface area contributed by atoms with Gasteiger partial charge in [0.15, 0.2) is 0 Å². The Balaban J connectivity index is 2.99. The molecule has 0 spiro atoms. The highest BCUT2D eigenvalue weighted by atomic mass is 16.6. The molecule has 0 aromatic rings. The fourth-order valence-electron chi connectivity index (χ4n) is 2.00. The van der Waals surface area contributed by atoms with Crippen LogP contribution in [-0.4, -0.2) is 104 Å². The van der Waals surface area contributed by atoms with Gasteiger partial charge in [-0.2, -0.15) is 0 Å². The van der Waals surface area contributed by atoms with E-state index in [0.29, 0.717) is 92.3 Å². The van der Waals surface area contributed by atoms with E-state index in [4.69, 9.17) is 38.3 Å². The highest BCUT2D eigenvalue weighted by molar-refractivity contribution is 5.66. The molecule has 0 amide bonds. The molecule has 9 heteroatoms. The summed E-state index contributed by atoms with van der Waals surface area (Å²) in [6.45, 7) is 7.17. The van der Waals surface area contributed by atoms with Crippen molar-refractivity contribution in [2.24, 2.45) is 0 Å². The first kappa shape index (κ1) is 27.2. The van der Waals surface area contributed by atoms with E-state index in [-0.39, 0.29) is 6.42 Å². The third-order valence-electron chi connectivity index (χ3n) is 3.47. The Morgan fingerprint density at radius 2 is 0.893 bits per heavy atom. The lowest BCUT2D eigenvalue weighted by atomic mass is 10.2. The van der Waals surface area contributed by atoms with E-state index < -0.39 is 5.97 Å². The second kappa shape index (κ2) is 24.2. The Kier molecular flexibility index (Phi) is 23.5. The second-order valence-corrected chi connectivity index (χ2v) is 5.87. The van der Waals surface area contributed by atoms with Crippen LogP contribution in [0.2, 0.25) is 0 Å². The summed E-state index contributed by atoms with van der Waals surface area (Å²) in [6, 6.07) is 0. The van der Waals surface area contributed by atoms with Crippen LogP contribution in [0.4, 0.5) is 0 Å². The smallest absolute Gasteiger partial charge is 0.303 e. The van der Waals surface area contributed by atoms with E-state index in [0.717, 1.165) is 12.8 Å². The molecule has 0 aromatic heterocycles. The van der Waals surface area contributed by atoms with Crippen molar-refractivity contribution < 1.29 is 43.1 Å². The zero-order valence-corrected chi connectivity index (χ0v) is 17.2. The third kappa shape index (κ3) is 25.2. The summed E-state index contributed by atoms with van der Waals surface area (Å²) in [6.07, 6.45) is 2.68. The SMILES string of the molecule is COCCOCCOCCOCCOCCOCCOCCCCCC(=O)O. The van der Waals surface area contributed by atoms with Crippen LogP contribution in [-0.2, 0) is 38.0 Å². The van der Waals surface area contributed by atoms with Crippen molar-refractivity contribution in [1.29, 1.82) is 0 Å². The molecule has 0 saturated heterocycles. The summed E-state index contributed by atoms with van der Waals surface area (Å²) < 4.78 is 37.1. The fourth-order valence-corrected chi connectivity index (χ4v) is 2.00. The number of ether oxygens (including phenoxy) is 7. The standard InChI is InChI=1S/C19H38O9/c1-22-7-8-24-11-12-26-15-16-28-18-17-27-14-13-25-10-9-23-6-4-2-3-5-19(20)21/h2-18H2,1H3,(H,20,21). The van der Waals surface area contributed by atoms with E-state index in [2.05, 4.69) is 0 Å². The van der Waals surface area contributed by atoms with E-state index in [1.54, 1.807) is 7.11 Å². The van der Waals surface area contributed by atoms with Gasteiger partial charge in [0.2, 0.25) is 0 Å². The molecule has 0 atom stereocenters. The summed E-state index contributed by atoms with van der Waals surface area (Å²) in [4.78, 5) is 10.3. The van der Waals surface area contributed by atoms with E-state index in [1.807, 2.05) is 0 Å². The van der Waals surface area contributed by atoms with Crippen LogP contribution in [0.15, 0.2) is 0 Å². The summed E-state index contributed by atoms with van der Waals surface area (Å²) in [5.74, 6) is -0.743. The molecule has 0 aliphatic rings. The minimum absolute atomic E-state index is 0.229. The molecule has 28 heavy (non-hydrogen) atoms. The van der Waals surface area contributed by atoms with Crippen LogP contribution in [0.5, 0.6) is 0 Å². The van der Waals surface area contributed by atoms with Gasteiger partial charge in [-0.15, -0.1) is 0 Å². The number of carboxylic acids is 1. The Bertz CT molecular complexity index is 316. The van der Waals surface area contributed by atoms with E-state index >= 15 is 0 Å². The molecule has 0 aliphatic heterocycles. The Labute approximate surface area is 168 Å². The topological polar surface area (TPSA) is 102 Å². The molecule has 1 N–H and O–H groups in total. The summed E-state index contributed by atoms with van der Waals surface area (Å²) in [5.41, 5.74) is 0. The lowest BCUT2D eigenvalue weighted by molar-refractivity contribution is -0.137. The zero-order valence-electron chi connectivity index (χ0n) is 17.2. The molecule has 0 fully saturated rings. The highest BCUT2D eigenvalue weighted by Gasteiger charge is 1.97. The molecule has 0 aromatic carbocycles. The van der Waals surface area contributed by atoms with E-state index in [1.165, 1.54) is 0 Å².